The van der Waals surface area contributed by atoms with E-state index in [1.165, 1.54) is 17.6 Å². The van der Waals surface area contributed by atoms with Gasteiger partial charge in [-0.15, -0.1) is 5.10 Å². The van der Waals surface area contributed by atoms with Gasteiger partial charge in [0.05, 0.1) is 5.69 Å². The van der Waals surface area contributed by atoms with E-state index in [0.717, 1.165) is 18.7 Å². The van der Waals surface area contributed by atoms with Gasteiger partial charge in [-0.1, -0.05) is 4.49 Å². The van der Waals surface area contributed by atoms with Gasteiger partial charge in [0.25, 0.3) is 0 Å². The van der Waals surface area contributed by atoms with E-state index >= 15 is 0 Å². The first-order valence-electron chi connectivity index (χ1n) is 6.64. The van der Waals surface area contributed by atoms with E-state index in [4.69, 9.17) is 0 Å². The van der Waals surface area contributed by atoms with Crippen molar-refractivity contribution in [3.05, 3.63) is 47.0 Å². The van der Waals surface area contributed by atoms with Crippen molar-refractivity contribution in [3.8, 4) is 0 Å². The van der Waals surface area contributed by atoms with Crippen molar-refractivity contribution in [2.24, 2.45) is 0 Å². The van der Waals surface area contributed by atoms with Crippen molar-refractivity contribution < 1.29 is 9.59 Å². The molecule has 106 valence electrons. The SMILES string of the molecule is O=C(C=Cc1csnn1)c1ccc(N2CCCC2=O)cc1. The Labute approximate surface area is 126 Å². The molecular formula is C15H13N3O2S. The zero-order valence-corrected chi connectivity index (χ0v) is 12.0. The second-order valence-corrected chi connectivity index (χ2v) is 5.33. The predicted octanol–water partition coefficient (Wildman–Crippen LogP) is 2.56. The minimum absolute atomic E-state index is 0.0951. The first kappa shape index (κ1) is 13.6. The number of hydrogen-bond donors (Lipinski definition) is 0. The summed E-state index contributed by atoms with van der Waals surface area (Å²) >= 11 is 1.24. The Morgan fingerprint density at radius 3 is 2.71 bits per heavy atom. The lowest BCUT2D eigenvalue weighted by molar-refractivity contribution is -0.117. The highest BCUT2D eigenvalue weighted by Gasteiger charge is 2.21. The number of rotatable bonds is 4. The number of nitrogens with zero attached hydrogens (tertiary/aromatic N) is 3. The lowest BCUT2D eigenvalue weighted by atomic mass is 10.1. The molecule has 0 bridgehead atoms. The molecule has 1 aromatic heterocycles. The van der Waals surface area contributed by atoms with Crippen LogP contribution in [-0.4, -0.2) is 27.8 Å². The first-order valence-corrected chi connectivity index (χ1v) is 7.47. The van der Waals surface area contributed by atoms with Gasteiger partial charge in [-0.25, -0.2) is 0 Å². The van der Waals surface area contributed by atoms with E-state index in [0.29, 0.717) is 17.7 Å². The standard InChI is InChI=1S/C15H13N3O2S/c19-14(8-5-12-10-21-17-16-12)11-3-6-13(7-4-11)18-9-1-2-15(18)20/h3-8,10H,1-2,9H2. The summed E-state index contributed by atoms with van der Waals surface area (Å²) in [6.07, 6.45) is 4.62. The quantitative estimate of drug-likeness (QED) is 0.643. The molecule has 2 heterocycles. The lowest BCUT2D eigenvalue weighted by Gasteiger charge is -2.15. The number of allylic oxidation sites excluding steroid dienone is 1. The Morgan fingerprint density at radius 2 is 2.10 bits per heavy atom. The van der Waals surface area contributed by atoms with Gasteiger partial charge in [-0.05, 0) is 54.4 Å². The minimum Gasteiger partial charge on any atom is -0.312 e. The third kappa shape index (κ3) is 3.05. The van der Waals surface area contributed by atoms with E-state index in [-0.39, 0.29) is 11.7 Å². The van der Waals surface area contributed by atoms with E-state index in [1.54, 1.807) is 28.5 Å². The third-order valence-corrected chi connectivity index (χ3v) is 3.84. The highest BCUT2D eigenvalue weighted by Crippen LogP contribution is 2.21. The van der Waals surface area contributed by atoms with Crippen molar-refractivity contribution in [2.45, 2.75) is 12.8 Å². The molecule has 1 aliphatic rings. The number of anilines is 1. The van der Waals surface area contributed by atoms with E-state index in [1.807, 2.05) is 12.1 Å². The van der Waals surface area contributed by atoms with Crippen LogP contribution in [-0.2, 0) is 4.79 Å². The molecule has 0 N–H and O–H groups in total. The Morgan fingerprint density at radius 1 is 1.29 bits per heavy atom. The van der Waals surface area contributed by atoms with Crippen LogP contribution in [0.1, 0.15) is 28.9 Å². The summed E-state index contributed by atoms with van der Waals surface area (Å²) in [5, 5.41) is 5.61. The molecular weight excluding hydrogens is 286 g/mol. The van der Waals surface area contributed by atoms with Crippen LogP contribution in [0.3, 0.4) is 0 Å². The third-order valence-electron chi connectivity index (χ3n) is 3.32. The van der Waals surface area contributed by atoms with E-state index < -0.39 is 0 Å². The van der Waals surface area contributed by atoms with Crippen LogP contribution >= 0.6 is 11.5 Å². The second kappa shape index (κ2) is 5.97. The summed E-state index contributed by atoms with van der Waals surface area (Å²) in [6.45, 7) is 0.753. The lowest BCUT2D eigenvalue weighted by Crippen LogP contribution is -2.23. The van der Waals surface area contributed by atoms with Crippen molar-refractivity contribution in [1.29, 1.82) is 0 Å². The smallest absolute Gasteiger partial charge is 0.227 e. The Hall–Kier alpha value is -2.34. The van der Waals surface area contributed by atoms with Crippen LogP contribution in [0.4, 0.5) is 5.69 Å². The minimum atomic E-state index is -0.0951. The van der Waals surface area contributed by atoms with Crippen molar-refractivity contribution in [2.75, 3.05) is 11.4 Å². The van der Waals surface area contributed by atoms with Gasteiger partial charge in [0.2, 0.25) is 5.91 Å². The van der Waals surface area contributed by atoms with Crippen LogP contribution < -0.4 is 4.90 Å². The summed E-state index contributed by atoms with van der Waals surface area (Å²) in [5.74, 6) is 0.0484. The maximum atomic E-state index is 12.0. The Balaban J connectivity index is 1.71. The molecule has 6 heteroatoms. The summed E-state index contributed by atoms with van der Waals surface area (Å²) in [6, 6.07) is 7.11. The molecule has 3 rings (SSSR count). The monoisotopic (exact) mass is 299 g/mol. The molecule has 2 aromatic rings. The Kier molecular flexibility index (Phi) is 3.87. The highest BCUT2D eigenvalue weighted by atomic mass is 32.1. The molecule has 0 unspecified atom stereocenters. The van der Waals surface area contributed by atoms with Crippen LogP contribution in [0, 0.1) is 0 Å². The molecule has 1 saturated heterocycles. The number of carbonyl (C=O) groups is 2. The fourth-order valence-corrected chi connectivity index (χ4v) is 2.65. The van der Waals surface area contributed by atoms with Crippen molar-refractivity contribution >= 4 is 35.0 Å². The molecule has 0 spiro atoms. The Bertz CT molecular complexity index is 677. The van der Waals surface area contributed by atoms with E-state index in [2.05, 4.69) is 9.59 Å². The average Bonchev–Trinajstić information content (AvgIpc) is 3.16. The molecule has 0 saturated carbocycles. The van der Waals surface area contributed by atoms with Gasteiger partial charge >= 0.3 is 0 Å². The van der Waals surface area contributed by atoms with Crippen LogP contribution in [0.25, 0.3) is 6.08 Å². The van der Waals surface area contributed by atoms with Crippen LogP contribution in [0.15, 0.2) is 35.7 Å². The fraction of sp³-hybridized carbons (Fsp3) is 0.200. The molecule has 1 fully saturated rings. The number of ketones is 1. The average molecular weight is 299 g/mol. The predicted molar refractivity (Wildman–Crippen MR) is 81.3 cm³/mol. The van der Waals surface area contributed by atoms with Gasteiger partial charge < -0.3 is 4.90 Å². The van der Waals surface area contributed by atoms with Gasteiger partial charge in [0.15, 0.2) is 5.78 Å². The molecule has 1 amide bonds. The van der Waals surface area contributed by atoms with Crippen molar-refractivity contribution in [3.63, 3.8) is 0 Å². The van der Waals surface area contributed by atoms with E-state index in [9.17, 15) is 9.59 Å². The zero-order chi connectivity index (χ0) is 14.7. The topological polar surface area (TPSA) is 63.2 Å². The maximum absolute atomic E-state index is 12.0. The first-order chi connectivity index (χ1) is 10.2. The maximum Gasteiger partial charge on any atom is 0.227 e. The number of aromatic nitrogens is 2. The van der Waals surface area contributed by atoms with Crippen molar-refractivity contribution in [1.82, 2.24) is 9.59 Å². The second-order valence-electron chi connectivity index (χ2n) is 4.72. The number of benzene rings is 1. The summed E-state index contributed by atoms with van der Waals surface area (Å²) in [4.78, 5) is 25.4. The molecule has 0 radical (unpaired) electrons. The normalized spacial score (nSPS) is 15.0. The van der Waals surface area contributed by atoms with Gasteiger partial charge in [0.1, 0.15) is 0 Å². The molecule has 0 atom stereocenters. The van der Waals surface area contributed by atoms with Gasteiger partial charge in [-0.3, -0.25) is 9.59 Å². The molecule has 0 aliphatic carbocycles. The van der Waals surface area contributed by atoms with Crippen LogP contribution in [0.2, 0.25) is 0 Å². The molecule has 1 aromatic carbocycles. The molecule has 5 nitrogen and oxygen atoms in total. The summed E-state index contributed by atoms with van der Waals surface area (Å²) in [7, 11) is 0. The summed E-state index contributed by atoms with van der Waals surface area (Å²) < 4.78 is 3.73. The van der Waals surface area contributed by atoms with Crippen LogP contribution in [0.5, 0.6) is 0 Å². The molecule has 1 aliphatic heterocycles. The number of amides is 1. The van der Waals surface area contributed by atoms with Gasteiger partial charge in [0, 0.05) is 29.6 Å². The molecule has 21 heavy (non-hydrogen) atoms. The largest absolute Gasteiger partial charge is 0.312 e. The summed E-state index contributed by atoms with van der Waals surface area (Å²) in [5.41, 5.74) is 2.11. The highest BCUT2D eigenvalue weighted by molar-refractivity contribution is 7.03. The number of carbonyl (C=O) groups excluding carboxylic acids is 2. The number of hydrogen-bond acceptors (Lipinski definition) is 5. The zero-order valence-electron chi connectivity index (χ0n) is 11.2. The fourth-order valence-electron chi connectivity index (χ4n) is 2.23. The van der Waals surface area contributed by atoms with Gasteiger partial charge in [-0.2, -0.15) is 0 Å².